The molecule has 146 valence electrons. The Kier molecular flexibility index (Phi) is 8.16. The summed E-state index contributed by atoms with van der Waals surface area (Å²) in [5.41, 5.74) is 8.62. The number of benzene rings is 1. The van der Waals surface area contributed by atoms with Crippen LogP contribution in [-0.2, 0) is 0 Å². The highest BCUT2D eigenvalue weighted by Crippen LogP contribution is 2.31. The fraction of sp³-hybridized carbons (Fsp3) is 0.650. The zero-order chi connectivity index (χ0) is 17.7. The van der Waals surface area contributed by atoms with Gasteiger partial charge in [-0.1, -0.05) is 24.1 Å². The SMILES string of the molecule is Cc1ccc(NC(N)=NCC2(N3CCCCC3)CCN(C)CC2)cc1.I. The standard InChI is InChI=1S/C20H33N5.HI/c1-17-6-8-18(9-7-17)23-19(21)22-16-20(10-14-24(2)15-11-20)25-12-4-3-5-13-25;/h6-9H,3-5,10-16H2,1-2H3,(H3,21,22,23);1H. The third kappa shape index (κ3) is 5.57. The average Bonchev–Trinajstić information content (AvgIpc) is 2.64. The number of nitrogens with one attached hydrogen (secondary N) is 1. The van der Waals surface area contributed by atoms with Crippen molar-refractivity contribution in [3.8, 4) is 0 Å². The van der Waals surface area contributed by atoms with Gasteiger partial charge in [0.05, 0.1) is 6.54 Å². The first-order valence-corrected chi connectivity index (χ1v) is 9.65. The molecule has 1 aromatic carbocycles. The smallest absolute Gasteiger partial charge is 0.193 e. The molecule has 0 unspecified atom stereocenters. The van der Waals surface area contributed by atoms with Crippen molar-refractivity contribution in [1.29, 1.82) is 0 Å². The Hall–Kier alpha value is -0.860. The van der Waals surface area contributed by atoms with E-state index >= 15 is 0 Å². The van der Waals surface area contributed by atoms with Crippen LogP contribution in [0.1, 0.15) is 37.7 Å². The third-order valence-corrected chi connectivity index (χ3v) is 5.81. The highest BCUT2D eigenvalue weighted by molar-refractivity contribution is 14.0. The zero-order valence-corrected chi connectivity index (χ0v) is 18.5. The lowest BCUT2D eigenvalue weighted by Gasteiger charge is -2.49. The van der Waals surface area contributed by atoms with Crippen LogP contribution in [0.25, 0.3) is 0 Å². The molecule has 0 saturated carbocycles. The van der Waals surface area contributed by atoms with Gasteiger partial charge in [-0.2, -0.15) is 0 Å². The van der Waals surface area contributed by atoms with E-state index in [1.54, 1.807) is 0 Å². The lowest BCUT2D eigenvalue weighted by molar-refractivity contribution is 0.0209. The number of likely N-dealkylation sites (tertiary alicyclic amines) is 2. The van der Waals surface area contributed by atoms with E-state index in [1.165, 1.54) is 50.8 Å². The second-order valence-electron chi connectivity index (χ2n) is 7.77. The Morgan fingerprint density at radius 3 is 2.31 bits per heavy atom. The molecular weight excluding hydrogens is 437 g/mol. The molecule has 2 saturated heterocycles. The maximum atomic E-state index is 6.19. The fourth-order valence-corrected chi connectivity index (χ4v) is 4.03. The van der Waals surface area contributed by atoms with Gasteiger partial charge in [-0.05, 0) is 78.0 Å². The van der Waals surface area contributed by atoms with Crippen LogP contribution in [0, 0.1) is 6.92 Å². The highest BCUT2D eigenvalue weighted by atomic mass is 127. The maximum absolute atomic E-state index is 6.19. The van der Waals surface area contributed by atoms with Gasteiger partial charge in [0.25, 0.3) is 0 Å². The Morgan fingerprint density at radius 1 is 1.08 bits per heavy atom. The first-order valence-electron chi connectivity index (χ1n) is 9.65. The largest absolute Gasteiger partial charge is 0.370 e. The van der Waals surface area contributed by atoms with Gasteiger partial charge in [-0.3, -0.25) is 9.89 Å². The van der Waals surface area contributed by atoms with E-state index < -0.39 is 0 Å². The summed E-state index contributed by atoms with van der Waals surface area (Å²) in [6.07, 6.45) is 6.37. The summed E-state index contributed by atoms with van der Waals surface area (Å²) in [6.45, 7) is 7.61. The Balaban J connectivity index is 0.00000243. The topological polar surface area (TPSA) is 56.9 Å². The molecule has 0 aliphatic carbocycles. The molecule has 0 spiro atoms. The minimum Gasteiger partial charge on any atom is -0.370 e. The van der Waals surface area contributed by atoms with Gasteiger partial charge in [-0.25, -0.2) is 0 Å². The van der Waals surface area contributed by atoms with Crippen molar-refractivity contribution in [2.75, 3.05) is 45.1 Å². The Bertz CT molecular complexity index is 572. The number of nitrogens with zero attached hydrogens (tertiary/aromatic N) is 3. The van der Waals surface area contributed by atoms with Crippen molar-refractivity contribution < 1.29 is 0 Å². The van der Waals surface area contributed by atoms with Gasteiger partial charge >= 0.3 is 0 Å². The quantitative estimate of drug-likeness (QED) is 0.402. The van der Waals surface area contributed by atoms with E-state index in [1.807, 2.05) is 12.1 Å². The number of aryl methyl sites for hydroxylation is 1. The first kappa shape index (κ1) is 21.4. The van der Waals surface area contributed by atoms with Crippen LogP contribution in [0.4, 0.5) is 5.69 Å². The summed E-state index contributed by atoms with van der Waals surface area (Å²) >= 11 is 0. The summed E-state index contributed by atoms with van der Waals surface area (Å²) in [4.78, 5) is 9.89. The number of hydrogen-bond donors (Lipinski definition) is 2. The molecule has 0 amide bonds. The lowest BCUT2D eigenvalue weighted by Crippen LogP contribution is -2.58. The monoisotopic (exact) mass is 471 g/mol. The van der Waals surface area contributed by atoms with Crippen molar-refractivity contribution in [3.05, 3.63) is 29.8 Å². The number of anilines is 1. The number of piperidine rings is 2. The molecular formula is C20H34IN5. The molecule has 2 heterocycles. The minimum atomic E-state index is 0. The number of guanidine groups is 1. The molecule has 1 aromatic rings. The van der Waals surface area contributed by atoms with Crippen molar-refractivity contribution >= 4 is 35.6 Å². The summed E-state index contributed by atoms with van der Waals surface area (Å²) in [7, 11) is 2.22. The number of hydrogen-bond acceptors (Lipinski definition) is 3. The molecule has 5 nitrogen and oxygen atoms in total. The van der Waals surface area contributed by atoms with Gasteiger partial charge in [0.2, 0.25) is 0 Å². The molecule has 2 aliphatic rings. The molecule has 0 atom stereocenters. The fourth-order valence-electron chi connectivity index (χ4n) is 4.03. The number of halogens is 1. The number of nitrogens with two attached hydrogens (primary N) is 1. The Labute approximate surface area is 175 Å². The van der Waals surface area contributed by atoms with Crippen LogP contribution < -0.4 is 11.1 Å². The minimum absolute atomic E-state index is 0. The van der Waals surface area contributed by atoms with Crippen LogP contribution in [0.5, 0.6) is 0 Å². The molecule has 2 aliphatic heterocycles. The van der Waals surface area contributed by atoms with Gasteiger partial charge in [0, 0.05) is 11.2 Å². The van der Waals surface area contributed by atoms with E-state index in [9.17, 15) is 0 Å². The molecule has 26 heavy (non-hydrogen) atoms. The summed E-state index contributed by atoms with van der Waals surface area (Å²) in [5, 5.41) is 3.24. The van der Waals surface area contributed by atoms with Crippen LogP contribution in [-0.4, -0.2) is 61.1 Å². The second kappa shape index (κ2) is 9.90. The van der Waals surface area contributed by atoms with Gasteiger partial charge < -0.3 is 16.0 Å². The molecule has 0 aromatic heterocycles. The zero-order valence-electron chi connectivity index (χ0n) is 16.2. The lowest BCUT2D eigenvalue weighted by atomic mass is 9.84. The van der Waals surface area contributed by atoms with Gasteiger partial charge in [0.15, 0.2) is 5.96 Å². The van der Waals surface area contributed by atoms with E-state index in [4.69, 9.17) is 10.7 Å². The van der Waals surface area contributed by atoms with Crippen LogP contribution >= 0.6 is 24.0 Å². The summed E-state index contributed by atoms with van der Waals surface area (Å²) < 4.78 is 0. The second-order valence-corrected chi connectivity index (χ2v) is 7.77. The van der Waals surface area contributed by atoms with Gasteiger partial charge in [0.1, 0.15) is 0 Å². The van der Waals surface area contributed by atoms with E-state index in [0.717, 1.165) is 25.3 Å². The molecule has 0 bridgehead atoms. The normalized spacial score (nSPS) is 21.8. The van der Waals surface area contributed by atoms with Crippen molar-refractivity contribution in [3.63, 3.8) is 0 Å². The predicted molar refractivity (Wildman–Crippen MR) is 122 cm³/mol. The molecule has 0 radical (unpaired) electrons. The van der Waals surface area contributed by atoms with Crippen molar-refractivity contribution in [2.45, 2.75) is 44.6 Å². The van der Waals surface area contributed by atoms with E-state index in [-0.39, 0.29) is 29.5 Å². The molecule has 3 rings (SSSR count). The predicted octanol–water partition coefficient (Wildman–Crippen LogP) is 3.29. The van der Waals surface area contributed by atoms with Crippen LogP contribution in [0.15, 0.2) is 29.3 Å². The molecule has 2 fully saturated rings. The molecule has 6 heteroatoms. The van der Waals surface area contributed by atoms with Crippen molar-refractivity contribution in [2.24, 2.45) is 10.7 Å². The Morgan fingerprint density at radius 2 is 1.69 bits per heavy atom. The third-order valence-electron chi connectivity index (χ3n) is 5.81. The van der Waals surface area contributed by atoms with E-state index in [2.05, 4.69) is 41.2 Å². The van der Waals surface area contributed by atoms with Crippen molar-refractivity contribution in [1.82, 2.24) is 9.80 Å². The van der Waals surface area contributed by atoms with Crippen LogP contribution in [0.3, 0.4) is 0 Å². The van der Waals surface area contributed by atoms with Gasteiger partial charge in [-0.15, -0.1) is 24.0 Å². The highest BCUT2D eigenvalue weighted by Gasteiger charge is 2.39. The van der Waals surface area contributed by atoms with E-state index in [0.29, 0.717) is 5.96 Å². The number of rotatable bonds is 4. The number of aliphatic imine (C=N–C) groups is 1. The first-order chi connectivity index (χ1) is 12.1. The van der Waals surface area contributed by atoms with Crippen LogP contribution in [0.2, 0.25) is 0 Å². The molecule has 3 N–H and O–H groups in total. The average molecular weight is 471 g/mol. The summed E-state index contributed by atoms with van der Waals surface area (Å²) in [6, 6.07) is 8.27. The summed E-state index contributed by atoms with van der Waals surface area (Å²) in [5.74, 6) is 0.527. The maximum Gasteiger partial charge on any atom is 0.193 e.